The zero-order valence-corrected chi connectivity index (χ0v) is 30.4. The number of hydrogen-bond donors (Lipinski definition) is 0. The molecule has 1 nitrogen and oxygen atoms in total. The molecule has 0 bridgehead atoms. The van der Waals surface area contributed by atoms with E-state index in [1.807, 2.05) is 11.3 Å². The van der Waals surface area contributed by atoms with E-state index in [-0.39, 0.29) is 0 Å². The summed E-state index contributed by atoms with van der Waals surface area (Å²) in [5.41, 5.74) is 13.0. The molecule has 0 radical (unpaired) electrons. The number of nitrogens with zero attached hydrogens (tertiary/aromatic N) is 1. The van der Waals surface area contributed by atoms with Crippen LogP contribution in [0.3, 0.4) is 0 Å². The minimum Gasteiger partial charge on any atom is -0.309 e. The van der Waals surface area contributed by atoms with Gasteiger partial charge in [-0.2, -0.15) is 0 Å². The van der Waals surface area contributed by atoms with E-state index in [9.17, 15) is 0 Å². The Hall–Kier alpha value is -6.74. The first-order valence-corrected chi connectivity index (χ1v) is 19.2. The van der Waals surface area contributed by atoms with Gasteiger partial charge in [-0.15, -0.1) is 11.3 Å². The molecule has 0 amide bonds. The molecule has 0 N–H and O–H groups in total. The van der Waals surface area contributed by atoms with Crippen molar-refractivity contribution in [2.45, 2.75) is 0 Å². The summed E-state index contributed by atoms with van der Waals surface area (Å²) in [6.45, 7) is 0. The number of rotatable bonds is 7. The Morgan fingerprint density at radius 2 is 0.870 bits per heavy atom. The summed E-state index contributed by atoms with van der Waals surface area (Å²) >= 11 is 1.88. The van der Waals surface area contributed by atoms with Gasteiger partial charge in [-0.1, -0.05) is 176 Å². The molecule has 254 valence electrons. The quantitative estimate of drug-likeness (QED) is 0.160. The summed E-state index contributed by atoms with van der Waals surface area (Å²) in [7, 11) is 0. The smallest absolute Gasteiger partial charge is 0.0540 e. The molecule has 0 unspecified atom stereocenters. The lowest BCUT2D eigenvalue weighted by molar-refractivity contribution is 1.28. The Bertz CT molecular complexity index is 2930. The molecule has 2 heteroatoms. The van der Waals surface area contributed by atoms with Gasteiger partial charge in [0.15, 0.2) is 0 Å². The van der Waals surface area contributed by atoms with Crippen molar-refractivity contribution in [3.63, 3.8) is 0 Å². The molecule has 9 aromatic carbocycles. The molecule has 0 aliphatic heterocycles. The number of anilines is 3. The summed E-state index contributed by atoms with van der Waals surface area (Å²) in [4.78, 5) is 2.44. The standard InChI is InChI=1S/C52H35NS/c1-2-15-38(16-3-1)44-22-6-9-28-49(44)53(50-29-10-7-23-45(50)47-26-14-27-48-46-24-8-11-30-51(46)54-52(47)48)41-33-31-36(32-34-41)39-19-12-20-40(35-39)43-25-13-18-37-17-4-5-21-42(37)43/h1-35H. The van der Waals surface area contributed by atoms with Crippen LogP contribution in [-0.4, -0.2) is 0 Å². The summed E-state index contributed by atoms with van der Waals surface area (Å²) in [6, 6.07) is 77.1. The van der Waals surface area contributed by atoms with Gasteiger partial charge in [0.25, 0.3) is 0 Å². The SMILES string of the molecule is c1ccc(-c2ccccc2N(c2ccc(-c3cccc(-c4cccc5ccccc45)c3)cc2)c2ccccc2-c2cccc3c2sc2ccccc23)cc1. The Kier molecular flexibility index (Phi) is 8.09. The van der Waals surface area contributed by atoms with Crippen molar-refractivity contribution in [2.24, 2.45) is 0 Å². The van der Waals surface area contributed by atoms with Gasteiger partial charge in [-0.05, 0) is 75.0 Å². The van der Waals surface area contributed by atoms with E-state index < -0.39 is 0 Å². The summed E-state index contributed by atoms with van der Waals surface area (Å²) < 4.78 is 2.62. The second kappa shape index (κ2) is 13.7. The molecule has 10 aromatic rings. The molecule has 0 atom stereocenters. The van der Waals surface area contributed by atoms with Gasteiger partial charge in [-0.3, -0.25) is 0 Å². The zero-order chi connectivity index (χ0) is 35.8. The van der Waals surface area contributed by atoms with Gasteiger partial charge in [0.2, 0.25) is 0 Å². The average molecular weight is 706 g/mol. The number of thiophene rings is 1. The number of hydrogen-bond acceptors (Lipinski definition) is 2. The minimum absolute atomic E-state index is 1.10. The van der Waals surface area contributed by atoms with Crippen LogP contribution < -0.4 is 4.90 Å². The summed E-state index contributed by atoms with van der Waals surface area (Å²) in [6.07, 6.45) is 0. The van der Waals surface area contributed by atoms with Crippen LogP contribution >= 0.6 is 11.3 Å². The lowest BCUT2D eigenvalue weighted by Crippen LogP contribution is -2.12. The van der Waals surface area contributed by atoms with Crippen LogP contribution in [0, 0.1) is 0 Å². The van der Waals surface area contributed by atoms with E-state index in [2.05, 4.69) is 217 Å². The van der Waals surface area contributed by atoms with Crippen LogP contribution in [0.25, 0.3) is 75.5 Å². The van der Waals surface area contributed by atoms with Crippen molar-refractivity contribution in [2.75, 3.05) is 4.90 Å². The molecule has 0 saturated carbocycles. The molecule has 0 spiro atoms. The third kappa shape index (κ3) is 5.65. The first-order chi connectivity index (χ1) is 26.8. The Morgan fingerprint density at radius 3 is 1.72 bits per heavy atom. The van der Waals surface area contributed by atoms with Crippen LogP contribution in [0.15, 0.2) is 212 Å². The summed E-state index contributed by atoms with van der Waals surface area (Å²) in [5, 5.41) is 5.13. The second-order valence-electron chi connectivity index (χ2n) is 13.7. The fraction of sp³-hybridized carbons (Fsp3) is 0. The molecule has 0 saturated heterocycles. The largest absolute Gasteiger partial charge is 0.309 e. The molecule has 10 rings (SSSR count). The lowest BCUT2D eigenvalue weighted by atomic mass is 9.95. The molecule has 54 heavy (non-hydrogen) atoms. The number of benzene rings is 9. The van der Waals surface area contributed by atoms with Gasteiger partial charge in [0, 0.05) is 42.6 Å². The highest BCUT2D eigenvalue weighted by Gasteiger charge is 2.22. The van der Waals surface area contributed by atoms with Crippen LogP contribution in [0.2, 0.25) is 0 Å². The molecule has 1 aromatic heterocycles. The van der Waals surface area contributed by atoms with E-state index in [0.29, 0.717) is 0 Å². The van der Waals surface area contributed by atoms with E-state index in [0.717, 1.165) is 17.1 Å². The number of fused-ring (bicyclic) bond motifs is 4. The van der Waals surface area contributed by atoms with Crippen molar-refractivity contribution in [3.05, 3.63) is 212 Å². The molecular formula is C52H35NS. The van der Waals surface area contributed by atoms with Crippen molar-refractivity contribution >= 4 is 59.3 Å². The van der Waals surface area contributed by atoms with Crippen LogP contribution in [-0.2, 0) is 0 Å². The second-order valence-corrected chi connectivity index (χ2v) is 14.7. The fourth-order valence-corrected chi connectivity index (χ4v) is 9.17. The molecule has 0 fully saturated rings. The highest BCUT2D eigenvalue weighted by molar-refractivity contribution is 7.26. The first-order valence-electron chi connectivity index (χ1n) is 18.4. The van der Waals surface area contributed by atoms with Crippen LogP contribution in [0.1, 0.15) is 0 Å². The third-order valence-corrected chi connectivity index (χ3v) is 11.7. The van der Waals surface area contributed by atoms with Crippen molar-refractivity contribution in [1.29, 1.82) is 0 Å². The van der Waals surface area contributed by atoms with Crippen LogP contribution in [0.4, 0.5) is 17.1 Å². The van der Waals surface area contributed by atoms with Crippen molar-refractivity contribution in [3.8, 4) is 44.5 Å². The first kappa shape index (κ1) is 32.0. The Labute approximate surface area is 319 Å². The number of para-hydroxylation sites is 2. The van der Waals surface area contributed by atoms with Gasteiger partial charge in [-0.25, -0.2) is 0 Å². The monoisotopic (exact) mass is 705 g/mol. The zero-order valence-electron chi connectivity index (χ0n) is 29.6. The molecule has 1 heterocycles. The topological polar surface area (TPSA) is 3.24 Å². The van der Waals surface area contributed by atoms with Crippen molar-refractivity contribution in [1.82, 2.24) is 0 Å². The van der Waals surface area contributed by atoms with Gasteiger partial charge in [0.05, 0.1) is 11.4 Å². The average Bonchev–Trinajstić information content (AvgIpc) is 3.64. The van der Waals surface area contributed by atoms with Crippen LogP contribution in [0.5, 0.6) is 0 Å². The Morgan fingerprint density at radius 1 is 0.315 bits per heavy atom. The predicted octanol–water partition coefficient (Wildman–Crippen LogP) is 15.3. The van der Waals surface area contributed by atoms with E-state index in [1.165, 1.54) is 75.5 Å². The fourth-order valence-electron chi connectivity index (χ4n) is 7.94. The maximum absolute atomic E-state index is 2.44. The highest BCUT2D eigenvalue weighted by Crippen LogP contribution is 2.48. The maximum Gasteiger partial charge on any atom is 0.0540 e. The van der Waals surface area contributed by atoms with Crippen molar-refractivity contribution < 1.29 is 0 Å². The molecule has 0 aliphatic carbocycles. The van der Waals surface area contributed by atoms with E-state index >= 15 is 0 Å². The van der Waals surface area contributed by atoms with E-state index in [4.69, 9.17) is 0 Å². The van der Waals surface area contributed by atoms with E-state index in [1.54, 1.807) is 0 Å². The van der Waals surface area contributed by atoms with Gasteiger partial charge >= 0.3 is 0 Å². The highest BCUT2D eigenvalue weighted by atomic mass is 32.1. The minimum atomic E-state index is 1.10. The molecular weight excluding hydrogens is 671 g/mol. The Balaban J connectivity index is 1.13. The maximum atomic E-state index is 2.44. The third-order valence-electron chi connectivity index (χ3n) is 10.5. The predicted molar refractivity (Wildman–Crippen MR) is 233 cm³/mol. The van der Waals surface area contributed by atoms with Gasteiger partial charge in [0.1, 0.15) is 0 Å². The molecule has 0 aliphatic rings. The lowest BCUT2D eigenvalue weighted by Gasteiger charge is -2.30. The van der Waals surface area contributed by atoms with Gasteiger partial charge < -0.3 is 4.90 Å². The normalized spacial score (nSPS) is 11.3. The summed E-state index contributed by atoms with van der Waals surface area (Å²) in [5.74, 6) is 0.